The van der Waals surface area contributed by atoms with E-state index >= 15 is 0 Å². The number of nitrogens with one attached hydrogen (secondary N) is 2. The maximum absolute atomic E-state index is 12.4. The lowest BCUT2D eigenvalue weighted by Crippen LogP contribution is -2.35. The quantitative estimate of drug-likeness (QED) is 0.599. The van der Waals surface area contributed by atoms with Gasteiger partial charge in [-0.1, -0.05) is 19.9 Å². The van der Waals surface area contributed by atoms with Crippen molar-refractivity contribution in [2.75, 3.05) is 10.5 Å². The first-order valence-corrected chi connectivity index (χ1v) is 11.8. The second-order valence-electron chi connectivity index (χ2n) is 7.32. The Bertz CT molecular complexity index is 845. The van der Waals surface area contributed by atoms with Crippen molar-refractivity contribution < 1.29 is 17.9 Å². The molecule has 1 atom stereocenters. The predicted octanol–water partition coefficient (Wildman–Crippen LogP) is 4.18. The maximum Gasteiger partial charge on any atom is 0.241 e. The van der Waals surface area contributed by atoms with Crippen molar-refractivity contribution in [2.24, 2.45) is 5.92 Å². The van der Waals surface area contributed by atoms with Crippen LogP contribution in [0.25, 0.3) is 0 Å². The molecule has 28 heavy (non-hydrogen) atoms. The van der Waals surface area contributed by atoms with E-state index in [9.17, 15) is 13.2 Å². The molecule has 2 aromatic rings. The Kier molecular flexibility index (Phi) is 7.88. The molecular formula is C20H28N2O4S2. The maximum atomic E-state index is 12.4. The molecule has 8 heteroatoms. The van der Waals surface area contributed by atoms with Crippen molar-refractivity contribution in [1.82, 2.24) is 5.32 Å². The standard InChI is InChI=1S/C20H28N2O4S2/c1-14(2)12-18(19-6-5-11-27-19)21-20(23)13-28(24,25)22-16-7-9-17(10-8-16)26-15(3)4/h5-11,14-15,18,22H,12-13H2,1-4H3,(H,21,23). The van der Waals surface area contributed by atoms with Gasteiger partial charge in [-0.2, -0.15) is 0 Å². The summed E-state index contributed by atoms with van der Waals surface area (Å²) in [5.74, 6) is -0.125. The minimum atomic E-state index is -3.81. The van der Waals surface area contributed by atoms with E-state index in [1.54, 1.807) is 35.6 Å². The number of thiophene rings is 1. The first-order chi connectivity index (χ1) is 13.1. The van der Waals surface area contributed by atoms with Gasteiger partial charge in [-0.05, 0) is 61.9 Å². The van der Waals surface area contributed by atoms with Gasteiger partial charge in [-0.25, -0.2) is 8.42 Å². The molecule has 1 heterocycles. The fraction of sp³-hybridized carbons (Fsp3) is 0.450. The normalized spacial score (nSPS) is 12.8. The van der Waals surface area contributed by atoms with Crippen molar-refractivity contribution in [3.8, 4) is 5.75 Å². The number of hydrogen-bond acceptors (Lipinski definition) is 5. The molecule has 1 aromatic carbocycles. The highest BCUT2D eigenvalue weighted by molar-refractivity contribution is 7.93. The van der Waals surface area contributed by atoms with E-state index in [1.807, 2.05) is 31.4 Å². The SMILES string of the molecule is CC(C)CC(NC(=O)CS(=O)(=O)Nc1ccc(OC(C)C)cc1)c1cccs1. The van der Waals surface area contributed by atoms with Gasteiger partial charge in [0.1, 0.15) is 11.5 Å². The predicted molar refractivity (Wildman–Crippen MR) is 114 cm³/mol. The van der Waals surface area contributed by atoms with Gasteiger partial charge < -0.3 is 10.1 Å². The van der Waals surface area contributed by atoms with E-state index in [-0.39, 0.29) is 12.1 Å². The number of anilines is 1. The molecule has 0 saturated carbocycles. The van der Waals surface area contributed by atoms with Crippen LogP contribution in [0.3, 0.4) is 0 Å². The summed E-state index contributed by atoms with van der Waals surface area (Å²) in [5.41, 5.74) is 0.390. The van der Waals surface area contributed by atoms with Crippen LogP contribution in [-0.2, 0) is 14.8 Å². The molecule has 6 nitrogen and oxygen atoms in total. The Morgan fingerprint density at radius 3 is 2.32 bits per heavy atom. The number of hydrogen-bond donors (Lipinski definition) is 2. The molecule has 154 valence electrons. The lowest BCUT2D eigenvalue weighted by molar-refractivity contribution is -0.119. The smallest absolute Gasteiger partial charge is 0.241 e. The lowest BCUT2D eigenvalue weighted by Gasteiger charge is -2.19. The van der Waals surface area contributed by atoms with E-state index in [2.05, 4.69) is 23.9 Å². The minimum Gasteiger partial charge on any atom is -0.491 e. The van der Waals surface area contributed by atoms with Crippen LogP contribution < -0.4 is 14.8 Å². The number of carbonyl (C=O) groups is 1. The lowest BCUT2D eigenvalue weighted by atomic mass is 10.0. The van der Waals surface area contributed by atoms with Crippen LogP contribution in [0.15, 0.2) is 41.8 Å². The first kappa shape index (κ1) is 22.2. The van der Waals surface area contributed by atoms with Crippen LogP contribution in [-0.4, -0.2) is 26.2 Å². The molecule has 0 fully saturated rings. The number of benzene rings is 1. The van der Waals surface area contributed by atoms with E-state index in [4.69, 9.17) is 4.74 Å². The van der Waals surface area contributed by atoms with Crippen molar-refractivity contribution in [3.05, 3.63) is 46.7 Å². The Labute approximate surface area is 171 Å². The first-order valence-electron chi connectivity index (χ1n) is 9.24. The molecular weight excluding hydrogens is 396 g/mol. The average molecular weight is 425 g/mol. The Hall–Kier alpha value is -2.06. The summed E-state index contributed by atoms with van der Waals surface area (Å²) >= 11 is 1.55. The van der Waals surface area contributed by atoms with E-state index in [0.717, 1.165) is 11.3 Å². The van der Waals surface area contributed by atoms with Crippen molar-refractivity contribution in [2.45, 2.75) is 46.3 Å². The Morgan fingerprint density at radius 1 is 1.11 bits per heavy atom. The average Bonchev–Trinajstić information content (AvgIpc) is 3.08. The van der Waals surface area contributed by atoms with Gasteiger partial charge in [-0.3, -0.25) is 9.52 Å². The summed E-state index contributed by atoms with van der Waals surface area (Å²) in [7, 11) is -3.81. The molecule has 0 saturated heterocycles. The Balaban J connectivity index is 1.97. The number of sulfonamides is 1. The summed E-state index contributed by atoms with van der Waals surface area (Å²) < 4.78 is 32.7. The van der Waals surface area contributed by atoms with Crippen LogP contribution >= 0.6 is 11.3 Å². The van der Waals surface area contributed by atoms with Crippen LogP contribution in [0.1, 0.15) is 45.0 Å². The van der Waals surface area contributed by atoms with Gasteiger partial charge in [-0.15, -0.1) is 11.3 Å². The molecule has 2 N–H and O–H groups in total. The summed E-state index contributed by atoms with van der Waals surface area (Å²) in [6, 6.07) is 10.3. The molecule has 0 spiro atoms. The van der Waals surface area contributed by atoms with Crippen molar-refractivity contribution in [1.29, 1.82) is 0 Å². The van der Waals surface area contributed by atoms with Gasteiger partial charge in [0.05, 0.1) is 12.1 Å². The fourth-order valence-corrected chi connectivity index (χ4v) is 4.49. The van der Waals surface area contributed by atoms with Gasteiger partial charge in [0.25, 0.3) is 0 Å². The van der Waals surface area contributed by atoms with Gasteiger partial charge in [0.15, 0.2) is 0 Å². The summed E-state index contributed by atoms with van der Waals surface area (Å²) in [5, 5.41) is 4.80. The van der Waals surface area contributed by atoms with Crippen LogP contribution in [0.2, 0.25) is 0 Å². The zero-order chi connectivity index (χ0) is 20.7. The van der Waals surface area contributed by atoms with Gasteiger partial charge >= 0.3 is 0 Å². The highest BCUT2D eigenvalue weighted by Gasteiger charge is 2.22. The molecule has 0 aliphatic heterocycles. The number of rotatable bonds is 10. The van der Waals surface area contributed by atoms with Crippen molar-refractivity contribution >= 4 is 33.0 Å². The van der Waals surface area contributed by atoms with Crippen LogP contribution in [0.5, 0.6) is 5.75 Å². The summed E-state index contributed by atoms with van der Waals surface area (Å²) in [4.78, 5) is 13.4. The van der Waals surface area contributed by atoms with Crippen LogP contribution in [0, 0.1) is 5.92 Å². The zero-order valence-corrected chi connectivity index (χ0v) is 18.3. The van der Waals surface area contributed by atoms with E-state index in [1.165, 1.54) is 0 Å². The third kappa shape index (κ3) is 7.52. The minimum absolute atomic E-state index is 0.0355. The van der Waals surface area contributed by atoms with E-state index in [0.29, 0.717) is 17.4 Å². The van der Waals surface area contributed by atoms with Gasteiger partial charge in [0.2, 0.25) is 15.9 Å². The third-order valence-corrected chi connectivity index (χ3v) is 5.92. The molecule has 1 unspecified atom stereocenters. The Morgan fingerprint density at radius 2 is 1.79 bits per heavy atom. The molecule has 2 rings (SSSR count). The number of carbonyl (C=O) groups excluding carboxylic acids is 1. The van der Waals surface area contributed by atoms with Gasteiger partial charge in [0, 0.05) is 10.6 Å². The summed E-state index contributed by atoms with van der Waals surface area (Å²) in [6.07, 6.45) is 0.783. The monoisotopic (exact) mass is 424 g/mol. The third-order valence-electron chi connectivity index (χ3n) is 3.75. The number of amides is 1. The highest BCUT2D eigenvalue weighted by atomic mass is 32.2. The number of ether oxygens (including phenoxy) is 1. The van der Waals surface area contributed by atoms with Crippen LogP contribution in [0.4, 0.5) is 5.69 Å². The highest BCUT2D eigenvalue weighted by Crippen LogP contribution is 2.25. The molecule has 0 radical (unpaired) electrons. The zero-order valence-electron chi connectivity index (χ0n) is 16.6. The molecule has 1 aromatic heterocycles. The summed E-state index contributed by atoms with van der Waals surface area (Å²) in [6.45, 7) is 7.96. The van der Waals surface area contributed by atoms with Crippen molar-refractivity contribution in [3.63, 3.8) is 0 Å². The fourth-order valence-electron chi connectivity index (χ4n) is 2.71. The molecule has 0 aliphatic rings. The molecule has 0 aliphatic carbocycles. The topological polar surface area (TPSA) is 84.5 Å². The second kappa shape index (κ2) is 9.93. The molecule has 1 amide bonds. The second-order valence-corrected chi connectivity index (χ2v) is 10.0. The van der Waals surface area contributed by atoms with E-state index < -0.39 is 21.7 Å². The molecule has 0 bridgehead atoms. The largest absolute Gasteiger partial charge is 0.491 e.